The van der Waals surface area contributed by atoms with Crippen LogP contribution < -0.4 is 19.7 Å². The van der Waals surface area contributed by atoms with E-state index in [-0.39, 0.29) is 12.7 Å². The molecule has 0 aliphatic carbocycles. The van der Waals surface area contributed by atoms with Crippen LogP contribution in [0.5, 0.6) is 11.5 Å². The zero-order valence-corrected chi connectivity index (χ0v) is 13.4. The Morgan fingerprint density at radius 1 is 1.32 bits per heavy atom. The molecule has 0 spiro atoms. The quantitative estimate of drug-likeness (QED) is 0.698. The summed E-state index contributed by atoms with van der Waals surface area (Å²) in [5, 5.41) is 2.87. The summed E-state index contributed by atoms with van der Waals surface area (Å²) in [6.45, 7) is 4.37. The van der Waals surface area contributed by atoms with Gasteiger partial charge in [0.1, 0.15) is 0 Å². The van der Waals surface area contributed by atoms with Crippen molar-refractivity contribution < 1.29 is 19.2 Å². The van der Waals surface area contributed by atoms with E-state index < -0.39 is 0 Å². The summed E-state index contributed by atoms with van der Waals surface area (Å²) >= 11 is 5.29. The van der Waals surface area contributed by atoms with Gasteiger partial charge in [-0.3, -0.25) is 4.79 Å². The number of carbonyl (C=O) groups is 1. The topological polar surface area (TPSA) is 55.2 Å². The maximum atomic E-state index is 12.2. The van der Waals surface area contributed by atoms with Gasteiger partial charge in [-0.2, -0.15) is 0 Å². The molecule has 1 aromatic carbocycles. The fourth-order valence-electron chi connectivity index (χ4n) is 2.54. The minimum atomic E-state index is -0.188. The van der Waals surface area contributed by atoms with Crippen LogP contribution in [0.1, 0.15) is 5.56 Å². The highest BCUT2D eigenvalue weighted by Crippen LogP contribution is 2.32. The molecule has 22 heavy (non-hydrogen) atoms. The first-order valence-electron chi connectivity index (χ1n) is 7.40. The summed E-state index contributed by atoms with van der Waals surface area (Å²) in [5.41, 5.74) is 0.961. The van der Waals surface area contributed by atoms with Crippen LogP contribution in [-0.2, 0) is 11.3 Å². The number of piperazine rings is 1. The number of thiocarbonyl (C=S) groups is 1. The van der Waals surface area contributed by atoms with E-state index in [0.29, 0.717) is 11.5 Å². The smallest absolute Gasteiger partial charge is 0.279 e. The summed E-state index contributed by atoms with van der Waals surface area (Å²) in [6, 6.07) is 5.65. The highest BCUT2D eigenvalue weighted by Gasteiger charge is 2.23. The fourth-order valence-corrected chi connectivity index (χ4v) is 2.80. The molecule has 7 heteroatoms. The van der Waals surface area contributed by atoms with Crippen LogP contribution in [0, 0.1) is 0 Å². The molecule has 118 valence electrons. The third-order valence-corrected chi connectivity index (χ3v) is 4.43. The molecule has 1 saturated heterocycles. The van der Waals surface area contributed by atoms with Crippen LogP contribution in [0.4, 0.5) is 0 Å². The molecule has 1 amide bonds. The summed E-state index contributed by atoms with van der Waals surface area (Å²) in [7, 11) is 2.15. The predicted octanol–water partition coefficient (Wildman–Crippen LogP) is -0.811. The number of nitrogens with zero attached hydrogens (tertiary/aromatic N) is 1. The first kappa shape index (κ1) is 15.1. The second kappa shape index (κ2) is 6.50. The van der Waals surface area contributed by atoms with Crippen LogP contribution in [-0.4, -0.2) is 55.8 Å². The fraction of sp³-hybridized carbons (Fsp3) is 0.467. The molecule has 1 fully saturated rings. The van der Waals surface area contributed by atoms with Gasteiger partial charge in [0.05, 0.1) is 33.2 Å². The van der Waals surface area contributed by atoms with Crippen LogP contribution in [0.25, 0.3) is 0 Å². The second-order valence-corrected chi connectivity index (χ2v) is 6.01. The maximum Gasteiger partial charge on any atom is 0.279 e. The average molecular weight is 322 g/mol. The number of likely N-dealkylation sites (N-methyl/N-ethyl adjacent to an activating group) is 1. The van der Waals surface area contributed by atoms with Crippen LogP contribution >= 0.6 is 12.2 Å². The Balaban J connectivity index is 1.52. The lowest BCUT2D eigenvalue weighted by molar-refractivity contribution is -0.883. The Labute approximate surface area is 135 Å². The highest BCUT2D eigenvalue weighted by atomic mass is 32.1. The molecule has 2 heterocycles. The van der Waals surface area contributed by atoms with Crippen LogP contribution in [0.15, 0.2) is 18.2 Å². The number of ether oxygens (including phenoxy) is 2. The molecule has 0 radical (unpaired) electrons. The number of hydrogen-bond donors (Lipinski definition) is 2. The van der Waals surface area contributed by atoms with E-state index in [2.05, 4.69) is 12.4 Å². The number of fused-ring (bicyclic) bond motifs is 1. The normalized spacial score (nSPS) is 17.4. The van der Waals surface area contributed by atoms with Crippen molar-refractivity contribution in [3.8, 4) is 11.5 Å². The Hall–Kier alpha value is -1.86. The molecule has 0 bridgehead atoms. The van der Waals surface area contributed by atoms with Crippen molar-refractivity contribution in [2.45, 2.75) is 6.54 Å². The van der Waals surface area contributed by atoms with E-state index in [1.807, 2.05) is 23.1 Å². The van der Waals surface area contributed by atoms with Crippen molar-refractivity contribution in [2.75, 3.05) is 40.0 Å². The first-order valence-corrected chi connectivity index (χ1v) is 7.81. The van der Waals surface area contributed by atoms with E-state index in [1.165, 1.54) is 4.90 Å². The average Bonchev–Trinajstić information content (AvgIpc) is 3.00. The number of rotatable bonds is 2. The van der Waals surface area contributed by atoms with Crippen molar-refractivity contribution in [3.05, 3.63) is 23.8 Å². The van der Waals surface area contributed by atoms with Crippen molar-refractivity contribution in [2.24, 2.45) is 0 Å². The molecule has 3 rings (SSSR count). The molecular weight excluding hydrogens is 302 g/mol. The number of nitrogens with one attached hydrogen (secondary N) is 2. The van der Waals surface area contributed by atoms with Gasteiger partial charge in [-0.25, -0.2) is 0 Å². The van der Waals surface area contributed by atoms with E-state index >= 15 is 0 Å². The Kier molecular flexibility index (Phi) is 4.44. The number of benzene rings is 1. The minimum absolute atomic E-state index is 0.188. The largest absolute Gasteiger partial charge is 0.454 e. The maximum absolute atomic E-state index is 12.2. The summed E-state index contributed by atoms with van der Waals surface area (Å²) in [4.78, 5) is 16.0. The summed E-state index contributed by atoms with van der Waals surface area (Å²) < 4.78 is 10.6. The SMILES string of the molecule is C[NH+]1CCN(C(=S)C(=O)NCc2ccc3c(c2)OCO3)CC1. The Morgan fingerprint density at radius 2 is 2.05 bits per heavy atom. The number of quaternary nitrogens is 1. The third kappa shape index (κ3) is 3.31. The molecular formula is C15H20N3O3S+. The Morgan fingerprint density at radius 3 is 2.82 bits per heavy atom. The molecule has 0 aromatic heterocycles. The molecule has 1 aromatic rings. The van der Waals surface area contributed by atoms with Gasteiger partial charge in [0.2, 0.25) is 6.79 Å². The lowest BCUT2D eigenvalue weighted by atomic mass is 10.2. The monoisotopic (exact) mass is 322 g/mol. The zero-order valence-electron chi connectivity index (χ0n) is 12.6. The summed E-state index contributed by atoms with van der Waals surface area (Å²) in [5.74, 6) is 1.27. The highest BCUT2D eigenvalue weighted by molar-refractivity contribution is 7.82. The van der Waals surface area contributed by atoms with E-state index in [9.17, 15) is 4.79 Å². The second-order valence-electron chi connectivity index (χ2n) is 5.62. The Bertz CT molecular complexity index is 585. The standard InChI is InChI=1S/C15H19N3O3S/c1-17-4-6-18(7-5-17)15(22)14(19)16-9-11-2-3-12-13(8-11)21-10-20-12/h2-3,8H,4-7,9-10H2,1H3,(H,16,19)/p+1. The molecule has 0 atom stereocenters. The van der Waals surface area contributed by atoms with Crippen molar-refractivity contribution in [3.63, 3.8) is 0 Å². The number of amides is 1. The third-order valence-electron chi connectivity index (χ3n) is 3.99. The number of hydrogen-bond acceptors (Lipinski definition) is 4. The number of carbonyl (C=O) groups excluding carboxylic acids is 1. The van der Waals surface area contributed by atoms with Gasteiger partial charge >= 0.3 is 0 Å². The van der Waals surface area contributed by atoms with Crippen LogP contribution in [0.2, 0.25) is 0 Å². The minimum Gasteiger partial charge on any atom is -0.454 e. The van der Waals surface area contributed by atoms with Gasteiger partial charge in [0, 0.05) is 6.54 Å². The molecule has 6 nitrogen and oxygen atoms in total. The van der Waals surface area contributed by atoms with Crippen molar-refractivity contribution in [1.29, 1.82) is 0 Å². The molecule has 0 saturated carbocycles. The van der Waals surface area contributed by atoms with Gasteiger partial charge in [-0.1, -0.05) is 18.3 Å². The van der Waals surface area contributed by atoms with Gasteiger partial charge < -0.3 is 24.6 Å². The molecule has 2 N–H and O–H groups in total. The molecule has 2 aliphatic rings. The van der Waals surface area contributed by atoms with E-state index in [4.69, 9.17) is 21.7 Å². The van der Waals surface area contributed by atoms with Gasteiger partial charge in [0.15, 0.2) is 16.5 Å². The van der Waals surface area contributed by atoms with Crippen LogP contribution in [0.3, 0.4) is 0 Å². The van der Waals surface area contributed by atoms with E-state index in [1.54, 1.807) is 0 Å². The lowest BCUT2D eigenvalue weighted by Crippen LogP contribution is -3.12. The van der Waals surface area contributed by atoms with E-state index in [0.717, 1.165) is 43.2 Å². The zero-order chi connectivity index (χ0) is 15.5. The summed E-state index contributed by atoms with van der Waals surface area (Å²) in [6.07, 6.45) is 0. The van der Waals surface area contributed by atoms with Gasteiger partial charge in [-0.15, -0.1) is 0 Å². The lowest BCUT2D eigenvalue weighted by Gasteiger charge is -2.31. The van der Waals surface area contributed by atoms with Crippen molar-refractivity contribution >= 4 is 23.1 Å². The predicted molar refractivity (Wildman–Crippen MR) is 85.2 cm³/mol. The van der Waals surface area contributed by atoms with Crippen molar-refractivity contribution in [1.82, 2.24) is 10.2 Å². The first-order chi connectivity index (χ1) is 10.6. The van der Waals surface area contributed by atoms with Gasteiger partial charge in [0.25, 0.3) is 5.91 Å². The molecule has 0 unspecified atom stereocenters. The van der Waals surface area contributed by atoms with Gasteiger partial charge in [-0.05, 0) is 17.7 Å². The molecule has 2 aliphatic heterocycles.